The summed E-state index contributed by atoms with van der Waals surface area (Å²) in [5.74, 6) is 0. The number of rotatable bonds is 6. The van der Waals surface area contributed by atoms with Gasteiger partial charge in [0.05, 0.1) is 10.0 Å². The van der Waals surface area contributed by atoms with Crippen LogP contribution in [0.25, 0.3) is 0 Å². The Bertz CT molecular complexity index is 331. The van der Waals surface area contributed by atoms with Gasteiger partial charge in [-0.1, -0.05) is 29.3 Å². The lowest BCUT2D eigenvalue weighted by Crippen LogP contribution is -2.11. The Morgan fingerprint density at radius 2 is 2.06 bits per heavy atom. The fourth-order valence-electron chi connectivity index (χ4n) is 1.46. The van der Waals surface area contributed by atoms with Crippen LogP contribution in [0.15, 0.2) is 18.2 Å². The maximum Gasteiger partial charge on any atom is 0.0595 e. The molecule has 1 atom stereocenters. The highest BCUT2D eigenvalue weighted by molar-refractivity contribution is 6.42. The summed E-state index contributed by atoms with van der Waals surface area (Å²) in [6.45, 7) is 3.49. The SMILES string of the molecule is CCOCCCC(N)c1ccc(Cl)c(Cl)c1. The molecule has 1 aromatic rings. The zero-order chi connectivity index (χ0) is 12.0. The van der Waals surface area contributed by atoms with Crippen molar-refractivity contribution in [1.82, 2.24) is 0 Å². The number of hydrogen-bond donors (Lipinski definition) is 1. The van der Waals surface area contributed by atoms with E-state index >= 15 is 0 Å². The van der Waals surface area contributed by atoms with E-state index in [1.807, 2.05) is 19.1 Å². The van der Waals surface area contributed by atoms with Crippen molar-refractivity contribution >= 4 is 23.2 Å². The van der Waals surface area contributed by atoms with Crippen molar-refractivity contribution < 1.29 is 4.74 Å². The maximum absolute atomic E-state index is 6.04. The molecule has 1 aromatic carbocycles. The number of ether oxygens (including phenoxy) is 1. The number of benzene rings is 1. The number of hydrogen-bond acceptors (Lipinski definition) is 2. The molecule has 0 saturated carbocycles. The second kappa shape index (κ2) is 7.13. The standard InChI is InChI=1S/C12H17Cl2NO/c1-2-16-7-3-4-12(15)9-5-6-10(13)11(14)8-9/h5-6,8,12H,2-4,7,15H2,1H3. The molecule has 0 spiro atoms. The summed E-state index contributed by atoms with van der Waals surface area (Å²) >= 11 is 11.8. The van der Waals surface area contributed by atoms with Gasteiger partial charge >= 0.3 is 0 Å². The van der Waals surface area contributed by atoms with Crippen LogP contribution in [0.3, 0.4) is 0 Å². The molecule has 4 heteroatoms. The molecule has 0 fully saturated rings. The van der Waals surface area contributed by atoms with E-state index in [0.717, 1.165) is 31.6 Å². The van der Waals surface area contributed by atoms with Crippen LogP contribution in [0, 0.1) is 0 Å². The molecule has 0 heterocycles. The van der Waals surface area contributed by atoms with Crippen LogP contribution in [-0.2, 0) is 4.74 Å². The van der Waals surface area contributed by atoms with Gasteiger partial charge in [-0.05, 0) is 37.5 Å². The van der Waals surface area contributed by atoms with E-state index in [0.29, 0.717) is 10.0 Å². The van der Waals surface area contributed by atoms with Crippen LogP contribution in [0.2, 0.25) is 10.0 Å². The minimum Gasteiger partial charge on any atom is -0.382 e. The summed E-state index contributed by atoms with van der Waals surface area (Å²) in [6.07, 6.45) is 1.84. The summed E-state index contributed by atoms with van der Waals surface area (Å²) < 4.78 is 5.26. The quantitative estimate of drug-likeness (QED) is 0.791. The summed E-state index contributed by atoms with van der Waals surface area (Å²) in [5.41, 5.74) is 7.06. The molecule has 1 unspecified atom stereocenters. The summed E-state index contributed by atoms with van der Waals surface area (Å²) in [4.78, 5) is 0. The Morgan fingerprint density at radius 1 is 1.31 bits per heavy atom. The van der Waals surface area contributed by atoms with Crippen molar-refractivity contribution in [1.29, 1.82) is 0 Å². The Kier molecular flexibility index (Phi) is 6.14. The van der Waals surface area contributed by atoms with Crippen molar-refractivity contribution in [3.8, 4) is 0 Å². The molecule has 0 aromatic heterocycles. The zero-order valence-corrected chi connectivity index (χ0v) is 10.9. The highest BCUT2D eigenvalue weighted by atomic mass is 35.5. The largest absolute Gasteiger partial charge is 0.382 e. The molecule has 0 amide bonds. The van der Waals surface area contributed by atoms with Crippen molar-refractivity contribution in [3.05, 3.63) is 33.8 Å². The van der Waals surface area contributed by atoms with Crippen molar-refractivity contribution in [3.63, 3.8) is 0 Å². The third-order valence-corrected chi connectivity index (χ3v) is 3.12. The van der Waals surface area contributed by atoms with Crippen LogP contribution in [0.4, 0.5) is 0 Å². The third-order valence-electron chi connectivity index (χ3n) is 2.38. The minimum absolute atomic E-state index is 0.00442. The third kappa shape index (κ3) is 4.30. The molecule has 0 saturated heterocycles. The van der Waals surface area contributed by atoms with E-state index in [1.54, 1.807) is 6.07 Å². The van der Waals surface area contributed by atoms with Crippen molar-refractivity contribution in [2.45, 2.75) is 25.8 Å². The normalized spacial score (nSPS) is 12.8. The lowest BCUT2D eigenvalue weighted by Gasteiger charge is -2.12. The second-order valence-corrected chi connectivity index (χ2v) is 4.43. The first-order valence-electron chi connectivity index (χ1n) is 5.43. The Hall–Kier alpha value is -0.280. The van der Waals surface area contributed by atoms with Gasteiger partial charge in [-0.15, -0.1) is 0 Å². The van der Waals surface area contributed by atoms with Gasteiger partial charge in [-0.25, -0.2) is 0 Å². The second-order valence-electron chi connectivity index (χ2n) is 3.62. The molecule has 90 valence electrons. The predicted molar refractivity (Wildman–Crippen MR) is 69.1 cm³/mol. The van der Waals surface area contributed by atoms with Crippen LogP contribution in [0.5, 0.6) is 0 Å². The van der Waals surface area contributed by atoms with Crippen LogP contribution >= 0.6 is 23.2 Å². The average molecular weight is 262 g/mol. The predicted octanol–water partition coefficient (Wildman–Crippen LogP) is 3.81. The fraction of sp³-hybridized carbons (Fsp3) is 0.500. The molecule has 0 aliphatic heterocycles. The molecule has 0 bridgehead atoms. The topological polar surface area (TPSA) is 35.2 Å². The molecule has 1 rings (SSSR count). The van der Waals surface area contributed by atoms with Gasteiger partial charge in [0.2, 0.25) is 0 Å². The van der Waals surface area contributed by atoms with Gasteiger partial charge < -0.3 is 10.5 Å². The molecule has 0 aliphatic rings. The van der Waals surface area contributed by atoms with Gasteiger partial charge in [0.1, 0.15) is 0 Å². The van der Waals surface area contributed by atoms with E-state index in [2.05, 4.69) is 0 Å². The molecule has 2 nitrogen and oxygen atoms in total. The molecule has 16 heavy (non-hydrogen) atoms. The first kappa shape index (κ1) is 13.8. The zero-order valence-electron chi connectivity index (χ0n) is 9.38. The van der Waals surface area contributed by atoms with Crippen molar-refractivity contribution in [2.75, 3.05) is 13.2 Å². The highest BCUT2D eigenvalue weighted by Gasteiger charge is 2.07. The van der Waals surface area contributed by atoms with Gasteiger partial charge in [-0.2, -0.15) is 0 Å². The van der Waals surface area contributed by atoms with Crippen LogP contribution in [-0.4, -0.2) is 13.2 Å². The van der Waals surface area contributed by atoms with E-state index < -0.39 is 0 Å². The van der Waals surface area contributed by atoms with Gasteiger partial charge in [0, 0.05) is 19.3 Å². The first-order chi connectivity index (χ1) is 7.65. The average Bonchev–Trinajstić information content (AvgIpc) is 2.28. The summed E-state index contributed by atoms with van der Waals surface area (Å²) in [7, 11) is 0. The van der Waals surface area contributed by atoms with E-state index in [1.165, 1.54) is 0 Å². The summed E-state index contributed by atoms with van der Waals surface area (Å²) in [5, 5.41) is 1.12. The van der Waals surface area contributed by atoms with E-state index in [9.17, 15) is 0 Å². The lowest BCUT2D eigenvalue weighted by molar-refractivity contribution is 0.142. The van der Waals surface area contributed by atoms with Crippen molar-refractivity contribution in [2.24, 2.45) is 5.73 Å². The van der Waals surface area contributed by atoms with Gasteiger partial charge in [0.15, 0.2) is 0 Å². The van der Waals surface area contributed by atoms with Crippen LogP contribution < -0.4 is 5.73 Å². The Morgan fingerprint density at radius 3 is 2.69 bits per heavy atom. The number of nitrogens with two attached hydrogens (primary N) is 1. The van der Waals surface area contributed by atoms with E-state index in [-0.39, 0.29) is 6.04 Å². The van der Waals surface area contributed by atoms with Crippen LogP contribution in [0.1, 0.15) is 31.4 Å². The van der Waals surface area contributed by atoms with E-state index in [4.69, 9.17) is 33.7 Å². The fourth-order valence-corrected chi connectivity index (χ4v) is 1.77. The Balaban J connectivity index is 2.46. The molecule has 0 radical (unpaired) electrons. The Labute approximate surface area is 107 Å². The maximum atomic E-state index is 6.04. The molecular weight excluding hydrogens is 245 g/mol. The molecule has 2 N–H and O–H groups in total. The minimum atomic E-state index is -0.00442. The lowest BCUT2D eigenvalue weighted by atomic mass is 10.0. The summed E-state index contributed by atoms with van der Waals surface area (Å²) in [6, 6.07) is 5.52. The first-order valence-corrected chi connectivity index (χ1v) is 6.19. The monoisotopic (exact) mass is 261 g/mol. The van der Waals surface area contributed by atoms with Gasteiger partial charge in [0.25, 0.3) is 0 Å². The smallest absolute Gasteiger partial charge is 0.0595 e. The number of halogens is 2. The highest BCUT2D eigenvalue weighted by Crippen LogP contribution is 2.26. The van der Waals surface area contributed by atoms with Gasteiger partial charge in [-0.3, -0.25) is 0 Å². The molecule has 0 aliphatic carbocycles. The molecular formula is C12H17Cl2NO.